The molecular formula is C12H20O11P2. The third-order valence-electron chi connectivity index (χ3n) is 1.90. The van der Waals surface area contributed by atoms with Crippen LogP contribution in [0.5, 0.6) is 0 Å². The van der Waals surface area contributed by atoms with Gasteiger partial charge in [-0.2, -0.15) is 4.31 Å². The summed E-state index contributed by atoms with van der Waals surface area (Å²) in [6, 6.07) is 0. The van der Waals surface area contributed by atoms with E-state index in [-0.39, 0.29) is 0 Å². The predicted molar refractivity (Wildman–Crippen MR) is 82.8 cm³/mol. The predicted octanol–water partition coefficient (Wildman–Crippen LogP) is 1.64. The lowest BCUT2D eigenvalue weighted by atomic mass is 10.5. The first kappa shape index (κ1) is 23.9. The Balaban J connectivity index is 5.37. The van der Waals surface area contributed by atoms with E-state index in [9.17, 15) is 28.3 Å². The number of hydrogen-bond donors (Lipinski definition) is 0. The number of carbonyl (C=O) groups is 4. The number of Topliss-reactive ketones (excluding diaryl/α,β-unsaturated/α-hetero) is 4. The van der Waals surface area contributed by atoms with Crippen LogP contribution in [-0.4, -0.2) is 49.6 Å². The molecule has 0 amide bonds. The van der Waals surface area contributed by atoms with Gasteiger partial charge in [0.25, 0.3) is 0 Å². The maximum absolute atomic E-state index is 12.5. The van der Waals surface area contributed by atoms with Crippen molar-refractivity contribution in [2.75, 3.05) is 26.4 Å². The van der Waals surface area contributed by atoms with Crippen LogP contribution in [0.4, 0.5) is 0 Å². The highest BCUT2D eigenvalue weighted by Crippen LogP contribution is 2.65. The fourth-order valence-electron chi connectivity index (χ4n) is 0.971. The second-order valence-electron chi connectivity index (χ2n) is 4.88. The van der Waals surface area contributed by atoms with Crippen molar-refractivity contribution < 1.29 is 50.7 Å². The van der Waals surface area contributed by atoms with Gasteiger partial charge in [-0.05, 0) is 27.7 Å². The third kappa shape index (κ3) is 12.0. The smallest absolute Gasteiger partial charge is 0.297 e. The van der Waals surface area contributed by atoms with Crippen LogP contribution in [-0.2, 0) is 50.7 Å². The van der Waals surface area contributed by atoms with Gasteiger partial charge in [-0.1, -0.05) is 0 Å². The molecule has 0 aliphatic rings. The van der Waals surface area contributed by atoms with Crippen LogP contribution < -0.4 is 0 Å². The Hall–Kier alpha value is -1.06. The van der Waals surface area contributed by atoms with Gasteiger partial charge in [0.2, 0.25) is 0 Å². The second kappa shape index (κ2) is 10.8. The number of ketones is 4. The van der Waals surface area contributed by atoms with Crippen LogP contribution in [0.25, 0.3) is 0 Å². The summed E-state index contributed by atoms with van der Waals surface area (Å²) >= 11 is 0. The normalized spacial score (nSPS) is 12.0. The van der Waals surface area contributed by atoms with E-state index in [0.29, 0.717) is 0 Å². The van der Waals surface area contributed by atoms with Crippen molar-refractivity contribution >= 4 is 38.8 Å². The molecule has 0 heterocycles. The molecule has 144 valence electrons. The van der Waals surface area contributed by atoms with E-state index in [0.717, 1.165) is 27.7 Å². The number of carbonyl (C=O) groups excluding carboxylic acids is 4. The minimum atomic E-state index is -4.75. The molecule has 0 atom stereocenters. The number of phosphoric acid groups is 2. The highest BCUT2D eigenvalue weighted by molar-refractivity contribution is 7.62. The molecule has 0 unspecified atom stereocenters. The standard InChI is InChI=1S/C12H20O11P2/c1-9(13)5-19-24(17,20-6-10(2)14)23-25(18,21-7-11(3)15)22-8-12(4)16/h5-8H2,1-4H3. The van der Waals surface area contributed by atoms with Crippen LogP contribution in [0, 0.1) is 0 Å². The highest BCUT2D eigenvalue weighted by Gasteiger charge is 2.41. The molecule has 0 saturated carbocycles. The van der Waals surface area contributed by atoms with Gasteiger partial charge in [-0.3, -0.25) is 37.3 Å². The molecule has 0 bridgehead atoms. The molecule has 0 fully saturated rings. The molecule has 0 rings (SSSR count). The molecule has 0 aromatic carbocycles. The lowest BCUT2D eigenvalue weighted by Gasteiger charge is -2.22. The fraction of sp³-hybridized carbons (Fsp3) is 0.667. The summed E-state index contributed by atoms with van der Waals surface area (Å²) in [5, 5.41) is 0. The van der Waals surface area contributed by atoms with Gasteiger partial charge in [0, 0.05) is 0 Å². The molecule has 0 aromatic rings. The molecule has 0 spiro atoms. The van der Waals surface area contributed by atoms with Crippen molar-refractivity contribution in [3.63, 3.8) is 0 Å². The number of phosphoric ester groups is 2. The van der Waals surface area contributed by atoms with E-state index >= 15 is 0 Å². The van der Waals surface area contributed by atoms with E-state index in [2.05, 4.69) is 22.4 Å². The van der Waals surface area contributed by atoms with Crippen molar-refractivity contribution in [1.82, 2.24) is 0 Å². The molecule has 13 heteroatoms. The summed E-state index contributed by atoms with van der Waals surface area (Å²) < 4.78 is 48.2. The summed E-state index contributed by atoms with van der Waals surface area (Å²) in [4.78, 5) is 43.9. The van der Waals surface area contributed by atoms with E-state index in [1.54, 1.807) is 0 Å². The summed E-state index contributed by atoms with van der Waals surface area (Å²) in [6.45, 7) is 1.45. The molecule has 0 N–H and O–H groups in total. The monoisotopic (exact) mass is 402 g/mol. The minimum absolute atomic E-state index is 0.570. The van der Waals surface area contributed by atoms with Crippen LogP contribution in [0.1, 0.15) is 27.7 Å². The fourth-order valence-corrected chi connectivity index (χ4v) is 4.21. The third-order valence-corrected chi connectivity index (χ3v) is 5.29. The average molecular weight is 402 g/mol. The zero-order valence-electron chi connectivity index (χ0n) is 14.2. The number of rotatable bonds is 14. The Bertz CT molecular complexity index is 516. The first-order valence-corrected chi connectivity index (χ1v) is 9.77. The van der Waals surface area contributed by atoms with Gasteiger partial charge in [-0.25, -0.2) is 9.13 Å². The van der Waals surface area contributed by atoms with Gasteiger partial charge in [0.15, 0.2) is 23.1 Å². The quantitative estimate of drug-likeness (QED) is 0.390. The second-order valence-corrected chi connectivity index (χ2v) is 8.35. The summed E-state index contributed by atoms with van der Waals surface area (Å²) in [7, 11) is -9.49. The van der Waals surface area contributed by atoms with Crippen molar-refractivity contribution in [1.29, 1.82) is 0 Å². The molecule has 0 aromatic heterocycles. The minimum Gasteiger partial charge on any atom is -0.297 e. The van der Waals surface area contributed by atoms with E-state index in [1.807, 2.05) is 0 Å². The first-order chi connectivity index (χ1) is 11.4. The molecular weight excluding hydrogens is 382 g/mol. The zero-order chi connectivity index (χ0) is 19.7. The molecule has 0 aliphatic carbocycles. The van der Waals surface area contributed by atoms with Crippen molar-refractivity contribution in [3.05, 3.63) is 0 Å². The molecule has 0 saturated heterocycles. The molecule has 0 aliphatic heterocycles. The summed E-state index contributed by atoms with van der Waals surface area (Å²) in [5.41, 5.74) is 0. The molecule has 0 radical (unpaired) electrons. The topological polar surface area (TPSA) is 149 Å². The van der Waals surface area contributed by atoms with Crippen LogP contribution in [0.3, 0.4) is 0 Å². The van der Waals surface area contributed by atoms with Gasteiger partial charge < -0.3 is 0 Å². The van der Waals surface area contributed by atoms with Crippen molar-refractivity contribution in [2.24, 2.45) is 0 Å². The maximum Gasteiger partial charge on any atom is 0.484 e. The number of hydrogen-bond acceptors (Lipinski definition) is 11. The lowest BCUT2D eigenvalue weighted by molar-refractivity contribution is -0.120. The summed E-state index contributed by atoms with van der Waals surface area (Å²) in [5.74, 6) is -2.28. The van der Waals surface area contributed by atoms with E-state index in [1.165, 1.54) is 0 Å². The Kier molecular flexibility index (Phi) is 10.4. The molecule has 11 nitrogen and oxygen atoms in total. The van der Waals surface area contributed by atoms with Gasteiger partial charge in [0.05, 0.1) is 0 Å². The van der Waals surface area contributed by atoms with Crippen LogP contribution in [0.15, 0.2) is 0 Å². The van der Waals surface area contributed by atoms with Crippen LogP contribution >= 0.6 is 15.6 Å². The zero-order valence-corrected chi connectivity index (χ0v) is 16.0. The Labute approximate surface area is 144 Å². The van der Waals surface area contributed by atoms with Crippen molar-refractivity contribution in [2.45, 2.75) is 27.7 Å². The van der Waals surface area contributed by atoms with Gasteiger partial charge in [0.1, 0.15) is 26.4 Å². The first-order valence-electron chi connectivity index (χ1n) is 6.85. The Morgan fingerprint density at radius 2 is 0.760 bits per heavy atom. The maximum atomic E-state index is 12.5. The van der Waals surface area contributed by atoms with Crippen molar-refractivity contribution in [3.8, 4) is 0 Å². The Morgan fingerprint density at radius 1 is 0.560 bits per heavy atom. The average Bonchev–Trinajstić information content (AvgIpc) is 2.48. The Morgan fingerprint density at radius 3 is 0.920 bits per heavy atom. The van der Waals surface area contributed by atoms with Crippen LogP contribution in [0.2, 0.25) is 0 Å². The molecule has 25 heavy (non-hydrogen) atoms. The van der Waals surface area contributed by atoms with E-state index in [4.69, 9.17) is 0 Å². The SMILES string of the molecule is CC(=O)COP(=O)(OCC(C)=O)OP(=O)(OCC(C)=O)OCC(C)=O. The van der Waals surface area contributed by atoms with E-state index < -0.39 is 65.2 Å². The highest BCUT2D eigenvalue weighted by atomic mass is 31.3. The largest absolute Gasteiger partial charge is 0.484 e. The summed E-state index contributed by atoms with van der Waals surface area (Å²) in [6.07, 6.45) is 0. The van der Waals surface area contributed by atoms with Gasteiger partial charge >= 0.3 is 15.6 Å². The lowest BCUT2D eigenvalue weighted by Crippen LogP contribution is -2.13. The van der Waals surface area contributed by atoms with Gasteiger partial charge in [-0.15, -0.1) is 0 Å².